The Bertz CT molecular complexity index is 1760. The highest BCUT2D eigenvalue weighted by atomic mass is 16.6. The molecule has 0 aromatic heterocycles. The van der Waals surface area contributed by atoms with Gasteiger partial charge in [-0.05, 0) is 37.8 Å². The van der Waals surface area contributed by atoms with Gasteiger partial charge in [-0.15, -0.1) is 0 Å². The number of nitrogens with one attached hydrogen (secondary N) is 5. The van der Waals surface area contributed by atoms with Crippen LogP contribution in [0.1, 0.15) is 63.5 Å². The van der Waals surface area contributed by atoms with Gasteiger partial charge in [-0.2, -0.15) is 5.01 Å². The lowest BCUT2D eigenvalue weighted by Gasteiger charge is -2.29. The number of hydrogen-bond acceptors (Lipinski definition) is 13. The van der Waals surface area contributed by atoms with Gasteiger partial charge < -0.3 is 45.7 Å². The van der Waals surface area contributed by atoms with Crippen LogP contribution in [0.15, 0.2) is 60.7 Å². The number of benzene rings is 2. The molecule has 0 aliphatic heterocycles. The quantitative estimate of drug-likeness (QED) is 0.0461. The van der Waals surface area contributed by atoms with Crippen molar-refractivity contribution in [2.45, 2.75) is 83.3 Å². The van der Waals surface area contributed by atoms with Gasteiger partial charge in [-0.25, -0.2) is 9.59 Å². The fourth-order valence-corrected chi connectivity index (χ4v) is 4.68. The van der Waals surface area contributed by atoms with Crippen LogP contribution in [0.4, 0.5) is 9.59 Å². The molecule has 2 rings (SSSR count). The summed E-state index contributed by atoms with van der Waals surface area (Å²) in [5, 5.41) is 27.7. The van der Waals surface area contributed by atoms with Crippen molar-refractivity contribution in [2.24, 2.45) is 0 Å². The zero-order valence-corrected chi connectivity index (χ0v) is 31.7. The summed E-state index contributed by atoms with van der Waals surface area (Å²) in [6, 6.07) is 14.4. The molecule has 58 heavy (non-hydrogen) atoms. The lowest BCUT2D eigenvalue weighted by Crippen LogP contribution is -2.57. The minimum atomic E-state index is -1.98. The van der Waals surface area contributed by atoms with Crippen molar-refractivity contribution in [1.29, 1.82) is 0 Å². The van der Waals surface area contributed by atoms with Gasteiger partial charge in [0.2, 0.25) is 23.6 Å². The molecule has 0 aliphatic carbocycles. The SMILES string of the molecule is CC(C)(OC=O)C(=O)N(NC(=O)CCNC(=O)[C@H](CCC(=O)O)NC(=O)OCc1ccccc1)C(=O)CCNC(=O)[C@H](CCC(=O)O)NC(=O)OCc1ccccc1. The average molecular weight is 815 g/mol. The van der Waals surface area contributed by atoms with E-state index in [2.05, 4.69) is 26.7 Å². The number of ether oxygens (including phenoxy) is 3. The molecule has 0 fully saturated rings. The van der Waals surface area contributed by atoms with E-state index in [0.717, 1.165) is 13.8 Å². The Kier molecular flexibility index (Phi) is 19.9. The van der Waals surface area contributed by atoms with Crippen LogP contribution < -0.4 is 26.7 Å². The lowest BCUT2D eigenvalue weighted by molar-refractivity contribution is -0.170. The van der Waals surface area contributed by atoms with E-state index < -0.39 is 110 Å². The second kappa shape index (κ2) is 24.5. The van der Waals surface area contributed by atoms with Gasteiger partial charge in [0, 0.05) is 38.8 Å². The minimum absolute atomic E-state index is 0.0560. The molecular formula is C37H46N6O15. The van der Waals surface area contributed by atoms with Gasteiger partial charge in [-0.1, -0.05) is 60.7 Å². The standard InChI is InChI=1S/C37H46N6O15/c1-37(2,58-23-44)34(53)43(29(46)18-20-39-33(52)27(14-16-31(49)50)41-36(55)57-22-25-11-7-4-8-12-25)42-28(45)17-19-38-32(51)26(13-15-30(47)48)40-35(54)56-21-24-9-5-3-6-10-24/h3-12,23,26-27H,13-22H2,1-2H3,(H,38,51)(H,39,52)(H,40,54)(H,41,55)(H,42,45)(H,47,48)(H,49,50)/t26-,27-/m0/s1. The van der Waals surface area contributed by atoms with Crippen molar-refractivity contribution in [1.82, 2.24) is 31.7 Å². The number of alkyl carbamates (subject to hydrolysis) is 2. The summed E-state index contributed by atoms with van der Waals surface area (Å²) in [4.78, 5) is 123. The van der Waals surface area contributed by atoms with Crippen LogP contribution in [-0.4, -0.2) is 106 Å². The number of carbonyl (C=O) groups excluding carboxylic acids is 8. The first-order valence-corrected chi connectivity index (χ1v) is 17.7. The summed E-state index contributed by atoms with van der Waals surface area (Å²) in [7, 11) is 0. The molecule has 7 amide bonds. The smallest absolute Gasteiger partial charge is 0.408 e. The van der Waals surface area contributed by atoms with Crippen molar-refractivity contribution in [2.75, 3.05) is 13.1 Å². The third-order valence-corrected chi connectivity index (χ3v) is 7.77. The minimum Gasteiger partial charge on any atom is -0.481 e. The summed E-state index contributed by atoms with van der Waals surface area (Å²) >= 11 is 0. The lowest BCUT2D eigenvalue weighted by atomic mass is 10.1. The molecule has 2 atom stereocenters. The number of nitrogens with zero attached hydrogens (tertiary/aromatic N) is 1. The van der Waals surface area contributed by atoms with Gasteiger partial charge in [-0.3, -0.25) is 43.8 Å². The maximum absolute atomic E-state index is 13.2. The molecule has 0 heterocycles. The molecule has 21 nitrogen and oxygen atoms in total. The van der Waals surface area contributed by atoms with E-state index in [4.69, 9.17) is 24.4 Å². The van der Waals surface area contributed by atoms with E-state index in [1.807, 2.05) is 0 Å². The van der Waals surface area contributed by atoms with Gasteiger partial charge >= 0.3 is 24.1 Å². The summed E-state index contributed by atoms with van der Waals surface area (Å²) in [5.74, 6) is -7.58. The van der Waals surface area contributed by atoms with E-state index in [1.54, 1.807) is 60.7 Å². The molecular weight excluding hydrogens is 768 g/mol. The number of rotatable bonds is 23. The first kappa shape index (κ1) is 47.1. The average Bonchev–Trinajstić information content (AvgIpc) is 3.18. The van der Waals surface area contributed by atoms with Crippen LogP contribution >= 0.6 is 0 Å². The van der Waals surface area contributed by atoms with E-state index in [1.165, 1.54) is 0 Å². The Morgan fingerprint density at radius 1 is 0.672 bits per heavy atom. The maximum atomic E-state index is 13.2. The first-order chi connectivity index (χ1) is 27.5. The molecule has 0 saturated carbocycles. The van der Waals surface area contributed by atoms with Crippen LogP contribution in [0.2, 0.25) is 0 Å². The van der Waals surface area contributed by atoms with Gasteiger partial charge in [0.05, 0.1) is 0 Å². The summed E-state index contributed by atoms with van der Waals surface area (Å²) in [5.41, 5.74) is 1.38. The van der Waals surface area contributed by atoms with E-state index in [9.17, 15) is 47.9 Å². The van der Waals surface area contributed by atoms with Crippen molar-refractivity contribution >= 4 is 60.1 Å². The third-order valence-electron chi connectivity index (χ3n) is 7.77. The van der Waals surface area contributed by atoms with Crippen molar-refractivity contribution in [3.05, 3.63) is 71.8 Å². The molecule has 0 bridgehead atoms. The predicted octanol–water partition coefficient (Wildman–Crippen LogP) is 0.657. The predicted molar refractivity (Wildman–Crippen MR) is 197 cm³/mol. The highest BCUT2D eigenvalue weighted by molar-refractivity contribution is 6.01. The number of imide groups is 1. The van der Waals surface area contributed by atoms with E-state index in [-0.39, 0.29) is 37.5 Å². The molecule has 21 heteroatoms. The number of carboxylic acid groups (broad SMARTS) is 2. The zero-order valence-electron chi connectivity index (χ0n) is 31.7. The molecule has 314 valence electrons. The fourth-order valence-electron chi connectivity index (χ4n) is 4.68. The largest absolute Gasteiger partial charge is 0.481 e. The second-order valence-electron chi connectivity index (χ2n) is 12.8. The summed E-state index contributed by atoms with van der Waals surface area (Å²) in [6.45, 7) is 1.02. The Balaban J connectivity index is 2.02. The normalized spacial score (nSPS) is 11.6. The first-order valence-electron chi connectivity index (χ1n) is 17.7. The van der Waals surface area contributed by atoms with Gasteiger partial charge in [0.1, 0.15) is 25.3 Å². The Labute approximate surface area is 332 Å². The van der Waals surface area contributed by atoms with Crippen LogP contribution in [-0.2, 0) is 65.8 Å². The van der Waals surface area contributed by atoms with Gasteiger partial charge in [0.25, 0.3) is 12.4 Å². The van der Waals surface area contributed by atoms with Crippen LogP contribution in [0.25, 0.3) is 0 Å². The van der Waals surface area contributed by atoms with Crippen LogP contribution in [0, 0.1) is 0 Å². The Morgan fingerprint density at radius 2 is 1.10 bits per heavy atom. The highest BCUT2D eigenvalue weighted by Gasteiger charge is 2.38. The molecule has 0 radical (unpaired) electrons. The maximum Gasteiger partial charge on any atom is 0.408 e. The fraction of sp³-hybridized carbons (Fsp3) is 0.405. The Hall–Kier alpha value is -7.06. The van der Waals surface area contributed by atoms with Gasteiger partial charge in [0.15, 0.2) is 5.60 Å². The number of hydrogen-bond donors (Lipinski definition) is 7. The number of hydrazine groups is 1. The Morgan fingerprint density at radius 3 is 1.52 bits per heavy atom. The van der Waals surface area contributed by atoms with Crippen molar-refractivity contribution < 1.29 is 72.4 Å². The van der Waals surface area contributed by atoms with E-state index in [0.29, 0.717) is 11.1 Å². The van der Waals surface area contributed by atoms with E-state index >= 15 is 0 Å². The highest BCUT2D eigenvalue weighted by Crippen LogP contribution is 2.13. The number of carboxylic acids is 2. The summed E-state index contributed by atoms with van der Waals surface area (Å²) < 4.78 is 15.0. The van der Waals surface area contributed by atoms with Crippen LogP contribution in [0.3, 0.4) is 0 Å². The molecule has 7 N–H and O–H groups in total. The summed E-state index contributed by atoms with van der Waals surface area (Å²) in [6.07, 6.45) is -4.94. The van der Waals surface area contributed by atoms with Crippen molar-refractivity contribution in [3.63, 3.8) is 0 Å². The number of carbonyl (C=O) groups is 10. The molecule has 2 aromatic carbocycles. The molecule has 2 aromatic rings. The second-order valence-corrected chi connectivity index (χ2v) is 12.8. The topological polar surface area (TPSA) is 302 Å². The van der Waals surface area contributed by atoms with Crippen molar-refractivity contribution in [3.8, 4) is 0 Å². The number of amides is 7. The molecule has 0 spiro atoms. The molecule has 0 saturated heterocycles. The third kappa shape index (κ3) is 18.0. The monoisotopic (exact) mass is 814 g/mol. The molecule has 0 unspecified atom stereocenters. The molecule has 0 aliphatic rings. The zero-order chi connectivity index (χ0) is 43.1. The number of aliphatic carboxylic acids is 2. The van der Waals surface area contributed by atoms with Crippen LogP contribution in [0.5, 0.6) is 0 Å².